The van der Waals surface area contributed by atoms with E-state index in [1.807, 2.05) is 0 Å². The van der Waals surface area contributed by atoms with E-state index in [1.54, 1.807) is 0 Å². The number of aliphatic hydroxyl groups excluding tert-OH is 4. The van der Waals surface area contributed by atoms with Crippen molar-refractivity contribution in [1.82, 2.24) is 0 Å². The molecule has 19 heavy (non-hydrogen) atoms. The maximum atomic E-state index is 11.3. The Morgan fingerprint density at radius 1 is 1.05 bits per heavy atom. The first-order valence-electron chi connectivity index (χ1n) is 5.34. The van der Waals surface area contributed by atoms with Gasteiger partial charge in [0.2, 0.25) is 5.78 Å². The molecule has 0 unspecified atom stereocenters. The van der Waals surface area contributed by atoms with Gasteiger partial charge >= 0.3 is 11.9 Å². The highest BCUT2D eigenvalue weighted by atomic mass is 16.5. The van der Waals surface area contributed by atoms with Gasteiger partial charge in [0.25, 0.3) is 0 Å². The number of ether oxygens (including phenoxy) is 1. The molecule has 0 rings (SSSR count). The van der Waals surface area contributed by atoms with Crippen LogP contribution in [0.25, 0.3) is 0 Å². The van der Waals surface area contributed by atoms with Crippen LogP contribution in [0.1, 0.15) is 12.8 Å². The van der Waals surface area contributed by atoms with E-state index in [9.17, 15) is 24.6 Å². The lowest BCUT2D eigenvalue weighted by Gasteiger charge is -2.20. The summed E-state index contributed by atoms with van der Waals surface area (Å²) < 4.78 is 4.37. The molecule has 3 atom stereocenters. The Morgan fingerprint density at radius 2 is 1.63 bits per heavy atom. The van der Waals surface area contributed by atoms with Crippen LogP contribution in [-0.2, 0) is 19.1 Å². The summed E-state index contributed by atoms with van der Waals surface area (Å²) in [6.45, 7) is -1.72. The molecule has 0 fully saturated rings. The summed E-state index contributed by atoms with van der Waals surface area (Å²) in [6, 6.07) is 0. The maximum Gasteiger partial charge on any atom is 0.306 e. The Morgan fingerprint density at radius 3 is 2.11 bits per heavy atom. The summed E-state index contributed by atoms with van der Waals surface area (Å²) in [6.07, 6.45) is -6.52. The monoisotopic (exact) mass is 280 g/mol. The van der Waals surface area contributed by atoms with Crippen LogP contribution in [0.2, 0.25) is 0 Å². The fourth-order valence-electron chi connectivity index (χ4n) is 1.03. The van der Waals surface area contributed by atoms with E-state index >= 15 is 0 Å². The molecule has 0 aromatic carbocycles. The van der Waals surface area contributed by atoms with Gasteiger partial charge in [-0.25, -0.2) is 0 Å². The standard InChI is InChI=1S/C10H16O9/c11-3-5(12)9(17)10(18)6(13)4-19-8(16)2-1-7(14)15/h5,9-12,17-18H,1-4H2,(H,14,15)/t5-,9-,10-/m1/s1. The molecule has 0 aliphatic carbocycles. The van der Waals surface area contributed by atoms with Gasteiger partial charge in [0.1, 0.15) is 18.3 Å². The smallest absolute Gasteiger partial charge is 0.306 e. The summed E-state index contributed by atoms with van der Waals surface area (Å²) in [5.41, 5.74) is 0. The van der Waals surface area contributed by atoms with E-state index in [1.165, 1.54) is 0 Å². The third-order valence-corrected chi connectivity index (χ3v) is 2.15. The minimum Gasteiger partial charge on any atom is -0.481 e. The first kappa shape index (κ1) is 17.4. The largest absolute Gasteiger partial charge is 0.481 e. The number of carbonyl (C=O) groups is 3. The molecule has 9 nitrogen and oxygen atoms in total. The molecule has 110 valence electrons. The average molecular weight is 280 g/mol. The number of carboxylic acid groups (broad SMARTS) is 1. The van der Waals surface area contributed by atoms with Crippen molar-refractivity contribution >= 4 is 17.7 Å². The Bertz CT molecular complexity index is 327. The number of rotatable bonds is 9. The number of esters is 1. The molecule has 0 aliphatic rings. The van der Waals surface area contributed by atoms with Crippen molar-refractivity contribution < 1.29 is 44.7 Å². The van der Waals surface area contributed by atoms with E-state index in [4.69, 9.17) is 15.3 Å². The fourth-order valence-corrected chi connectivity index (χ4v) is 1.03. The fraction of sp³-hybridized carbons (Fsp3) is 0.700. The summed E-state index contributed by atoms with van der Waals surface area (Å²) >= 11 is 0. The minimum atomic E-state index is -2.02. The predicted molar refractivity (Wildman–Crippen MR) is 57.9 cm³/mol. The molecule has 0 spiro atoms. The molecular weight excluding hydrogens is 264 g/mol. The van der Waals surface area contributed by atoms with E-state index in [0.717, 1.165) is 0 Å². The summed E-state index contributed by atoms with van der Waals surface area (Å²) in [7, 11) is 0. The normalized spacial score (nSPS) is 15.4. The average Bonchev–Trinajstić information content (AvgIpc) is 2.39. The zero-order valence-electron chi connectivity index (χ0n) is 9.93. The number of carbonyl (C=O) groups excluding carboxylic acids is 2. The second kappa shape index (κ2) is 8.53. The molecule has 0 bridgehead atoms. The third kappa shape index (κ3) is 6.82. The molecule has 0 radical (unpaired) electrons. The van der Waals surface area contributed by atoms with Crippen molar-refractivity contribution in [2.75, 3.05) is 13.2 Å². The van der Waals surface area contributed by atoms with Gasteiger partial charge in [0.05, 0.1) is 19.4 Å². The van der Waals surface area contributed by atoms with Gasteiger partial charge in [0.15, 0.2) is 6.61 Å². The molecule has 0 heterocycles. The van der Waals surface area contributed by atoms with Crippen molar-refractivity contribution in [2.24, 2.45) is 0 Å². The zero-order valence-corrected chi connectivity index (χ0v) is 9.93. The van der Waals surface area contributed by atoms with Gasteiger partial charge in [-0.2, -0.15) is 0 Å². The molecule has 0 amide bonds. The van der Waals surface area contributed by atoms with Crippen molar-refractivity contribution in [3.63, 3.8) is 0 Å². The van der Waals surface area contributed by atoms with Crippen LogP contribution in [0.3, 0.4) is 0 Å². The highest BCUT2D eigenvalue weighted by Gasteiger charge is 2.30. The number of aliphatic hydroxyl groups is 4. The van der Waals surface area contributed by atoms with Crippen LogP contribution in [0.5, 0.6) is 0 Å². The second-order valence-electron chi connectivity index (χ2n) is 3.71. The van der Waals surface area contributed by atoms with E-state index < -0.39 is 62.1 Å². The van der Waals surface area contributed by atoms with Gasteiger partial charge in [-0.05, 0) is 0 Å². The molecule has 5 N–H and O–H groups in total. The van der Waals surface area contributed by atoms with Crippen LogP contribution < -0.4 is 0 Å². The SMILES string of the molecule is O=C(O)CCC(=O)OCC(=O)[C@@H](O)[C@H](O)[C@H](O)CO. The number of hydrogen-bond donors (Lipinski definition) is 5. The topological polar surface area (TPSA) is 162 Å². The number of carboxylic acids is 1. The molecule has 0 saturated heterocycles. The second-order valence-corrected chi connectivity index (χ2v) is 3.71. The Balaban J connectivity index is 4.09. The van der Waals surface area contributed by atoms with Gasteiger partial charge in [0, 0.05) is 0 Å². The quantitative estimate of drug-likeness (QED) is 0.278. The van der Waals surface area contributed by atoms with Crippen LogP contribution in [-0.4, -0.2) is 74.8 Å². The van der Waals surface area contributed by atoms with Crippen molar-refractivity contribution in [3.8, 4) is 0 Å². The number of Topliss-reactive ketones (excluding diaryl/α,β-unsaturated/α-hetero) is 1. The van der Waals surface area contributed by atoms with Crippen LogP contribution >= 0.6 is 0 Å². The van der Waals surface area contributed by atoms with Crippen molar-refractivity contribution in [2.45, 2.75) is 31.2 Å². The van der Waals surface area contributed by atoms with Crippen LogP contribution in [0, 0.1) is 0 Å². The summed E-state index contributed by atoms with van der Waals surface area (Å²) in [5, 5.41) is 44.2. The summed E-state index contributed by atoms with van der Waals surface area (Å²) in [5.74, 6) is -3.23. The zero-order chi connectivity index (χ0) is 15.0. The van der Waals surface area contributed by atoms with Gasteiger partial charge in [-0.1, -0.05) is 0 Å². The maximum absolute atomic E-state index is 11.3. The van der Waals surface area contributed by atoms with Crippen molar-refractivity contribution in [3.05, 3.63) is 0 Å². The molecule has 9 heteroatoms. The first-order valence-corrected chi connectivity index (χ1v) is 5.34. The molecule has 0 aromatic rings. The van der Waals surface area contributed by atoms with Crippen LogP contribution in [0.4, 0.5) is 0 Å². The van der Waals surface area contributed by atoms with Gasteiger partial charge in [-0.3, -0.25) is 14.4 Å². The summed E-state index contributed by atoms with van der Waals surface area (Å²) in [4.78, 5) is 32.4. The Kier molecular flexibility index (Phi) is 7.84. The highest BCUT2D eigenvalue weighted by Crippen LogP contribution is 2.02. The number of aliphatic carboxylic acids is 1. The van der Waals surface area contributed by atoms with Crippen molar-refractivity contribution in [1.29, 1.82) is 0 Å². The number of hydrogen-bond acceptors (Lipinski definition) is 8. The van der Waals surface area contributed by atoms with E-state index in [2.05, 4.69) is 4.74 Å². The Hall–Kier alpha value is -1.55. The number of ketones is 1. The van der Waals surface area contributed by atoms with Gasteiger partial charge < -0.3 is 30.3 Å². The van der Waals surface area contributed by atoms with E-state index in [-0.39, 0.29) is 0 Å². The van der Waals surface area contributed by atoms with Crippen LogP contribution in [0.15, 0.2) is 0 Å². The van der Waals surface area contributed by atoms with Gasteiger partial charge in [-0.15, -0.1) is 0 Å². The molecule has 0 aliphatic heterocycles. The molecular formula is C10H16O9. The third-order valence-electron chi connectivity index (χ3n) is 2.15. The highest BCUT2D eigenvalue weighted by molar-refractivity contribution is 5.87. The first-order chi connectivity index (χ1) is 8.79. The minimum absolute atomic E-state index is 0.430. The lowest BCUT2D eigenvalue weighted by molar-refractivity contribution is -0.156. The predicted octanol–water partition coefficient (Wildman–Crippen LogP) is -2.96. The lowest BCUT2D eigenvalue weighted by atomic mass is 10.1. The lowest BCUT2D eigenvalue weighted by Crippen LogP contribution is -2.45. The van der Waals surface area contributed by atoms with E-state index in [0.29, 0.717) is 0 Å². The Labute approximate surface area is 108 Å². The molecule has 0 aromatic heterocycles. The molecule has 0 saturated carbocycles.